The second-order valence-corrected chi connectivity index (χ2v) is 5.52. The smallest absolute Gasteiger partial charge is 0.191 e. The zero-order valence-electron chi connectivity index (χ0n) is 13.5. The zero-order valence-corrected chi connectivity index (χ0v) is 15.8. The number of pyridine rings is 1. The number of rotatable bonds is 5. The molecule has 4 nitrogen and oxygen atoms in total. The van der Waals surface area contributed by atoms with Crippen molar-refractivity contribution in [3.8, 4) is 0 Å². The minimum absolute atomic E-state index is 0. The maximum absolute atomic E-state index is 4.38. The van der Waals surface area contributed by atoms with Gasteiger partial charge in [-0.15, -0.1) is 24.0 Å². The molecule has 0 amide bonds. The van der Waals surface area contributed by atoms with Crippen LogP contribution in [-0.2, 0) is 6.54 Å². The highest BCUT2D eigenvalue weighted by molar-refractivity contribution is 14.0. The lowest BCUT2D eigenvalue weighted by Gasteiger charge is -2.13. The molecule has 2 rings (SSSR count). The average molecular weight is 412 g/mol. The first kappa shape index (κ1) is 18.7. The van der Waals surface area contributed by atoms with Crippen LogP contribution in [-0.4, -0.2) is 24.5 Å². The third kappa shape index (κ3) is 5.44. The predicted octanol–water partition coefficient (Wildman–Crippen LogP) is 3.56. The van der Waals surface area contributed by atoms with Crippen molar-refractivity contribution in [2.24, 2.45) is 10.9 Å². The van der Waals surface area contributed by atoms with Crippen molar-refractivity contribution in [1.29, 1.82) is 0 Å². The minimum atomic E-state index is 0. The van der Waals surface area contributed by atoms with E-state index in [1.54, 1.807) is 7.05 Å². The molecule has 0 spiro atoms. The lowest BCUT2D eigenvalue weighted by molar-refractivity contribution is 0.573. The molecule has 0 radical (unpaired) electrons. The normalized spacial score (nSPS) is 11.4. The number of nitrogens with zero attached hydrogens (tertiary/aromatic N) is 2. The van der Waals surface area contributed by atoms with Gasteiger partial charge in [-0.05, 0) is 30.0 Å². The Labute approximate surface area is 149 Å². The molecule has 1 aromatic carbocycles. The summed E-state index contributed by atoms with van der Waals surface area (Å²) in [4.78, 5) is 8.64. The molecule has 0 unspecified atom stereocenters. The Kier molecular flexibility index (Phi) is 8.16. The van der Waals surface area contributed by atoms with E-state index in [0.29, 0.717) is 5.92 Å². The molecule has 0 aliphatic carbocycles. The molecule has 1 aromatic heterocycles. The molecule has 0 bridgehead atoms. The first-order chi connectivity index (χ1) is 10.2. The van der Waals surface area contributed by atoms with Crippen LogP contribution in [0.1, 0.15) is 25.8 Å². The number of aliphatic imine (C=N–C) groups is 1. The van der Waals surface area contributed by atoms with Crippen molar-refractivity contribution in [3.63, 3.8) is 0 Å². The zero-order chi connectivity index (χ0) is 15.1. The SMILES string of the molecule is CN=C(NCCC(C)C)NCc1ccnc2ccccc12.I. The molecule has 0 atom stereocenters. The van der Waals surface area contributed by atoms with Crippen molar-refractivity contribution < 1.29 is 0 Å². The van der Waals surface area contributed by atoms with E-state index in [9.17, 15) is 0 Å². The molecule has 2 N–H and O–H groups in total. The summed E-state index contributed by atoms with van der Waals surface area (Å²) in [7, 11) is 1.80. The number of para-hydroxylation sites is 1. The van der Waals surface area contributed by atoms with E-state index in [-0.39, 0.29) is 24.0 Å². The molecule has 0 aliphatic rings. The fourth-order valence-electron chi connectivity index (χ4n) is 2.19. The first-order valence-corrected chi connectivity index (χ1v) is 7.48. The first-order valence-electron chi connectivity index (χ1n) is 7.48. The fourth-order valence-corrected chi connectivity index (χ4v) is 2.19. The monoisotopic (exact) mass is 412 g/mol. The standard InChI is InChI=1S/C17H24N4.HI/c1-13(2)8-10-20-17(18-3)21-12-14-9-11-19-16-7-5-4-6-15(14)16;/h4-7,9,11,13H,8,10,12H2,1-3H3,(H2,18,20,21);1H. The van der Waals surface area contributed by atoms with E-state index in [2.05, 4.69) is 46.6 Å². The van der Waals surface area contributed by atoms with Crippen molar-refractivity contribution in [2.45, 2.75) is 26.8 Å². The summed E-state index contributed by atoms with van der Waals surface area (Å²) in [6.45, 7) is 6.13. The molecule has 120 valence electrons. The molecular weight excluding hydrogens is 387 g/mol. The lowest BCUT2D eigenvalue weighted by Crippen LogP contribution is -2.37. The van der Waals surface area contributed by atoms with E-state index in [1.165, 1.54) is 10.9 Å². The predicted molar refractivity (Wildman–Crippen MR) is 105 cm³/mol. The van der Waals surface area contributed by atoms with Gasteiger partial charge in [-0.1, -0.05) is 32.0 Å². The Morgan fingerprint density at radius 2 is 1.95 bits per heavy atom. The Hall–Kier alpha value is -1.37. The third-order valence-corrected chi connectivity index (χ3v) is 3.42. The Balaban J connectivity index is 0.00000242. The van der Waals surface area contributed by atoms with Crippen molar-refractivity contribution in [1.82, 2.24) is 15.6 Å². The summed E-state index contributed by atoms with van der Waals surface area (Å²) >= 11 is 0. The molecule has 5 heteroatoms. The van der Waals surface area contributed by atoms with Crippen LogP contribution in [0.5, 0.6) is 0 Å². The van der Waals surface area contributed by atoms with E-state index in [0.717, 1.165) is 31.0 Å². The minimum Gasteiger partial charge on any atom is -0.356 e. The van der Waals surface area contributed by atoms with Crippen LogP contribution in [0.4, 0.5) is 0 Å². The van der Waals surface area contributed by atoms with Crippen LogP contribution < -0.4 is 10.6 Å². The number of aromatic nitrogens is 1. The van der Waals surface area contributed by atoms with Crippen LogP contribution in [0, 0.1) is 5.92 Å². The highest BCUT2D eigenvalue weighted by Crippen LogP contribution is 2.15. The van der Waals surface area contributed by atoms with Gasteiger partial charge in [0.15, 0.2) is 5.96 Å². The fraction of sp³-hybridized carbons (Fsp3) is 0.412. The van der Waals surface area contributed by atoms with E-state index in [1.807, 2.05) is 24.4 Å². The van der Waals surface area contributed by atoms with Gasteiger partial charge in [-0.2, -0.15) is 0 Å². The van der Waals surface area contributed by atoms with Crippen molar-refractivity contribution in [2.75, 3.05) is 13.6 Å². The molecule has 0 aliphatic heterocycles. The number of guanidine groups is 1. The number of hydrogen-bond donors (Lipinski definition) is 2. The van der Waals surface area contributed by atoms with E-state index in [4.69, 9.17) is 0 Å². The van der Waals surface area contributed by atoms with Crippen LogP contribution in [0.15, 0.2) is 41.5 Å². The second kappa shape index (κ2) is 9.61. The van der Waals surface area contributed by atoms with Crippen LogP contribution >= 0.6 is 24.0 Å². The summed E-state index contributed by atoms with van der Waals surface area (Å²) in [5.74, 6) is 1.54. The average Bonchev–Trinajstić information content (AvgIpc) is 2.50. The number of hydrogen-bond acceptors (Lipinski definition) is 2. The maximum Gasteiger partial charge on any atom is 0.191 e. The quantitative estimate of drug-likeness (QED) is 0.449. The van der Waals surface area contributed by atoms with Gasteiger partial charge in [0.2, 0.25) is 0 Å². The molecular formula is C17H25IN4. The summed E-state index contributed by atoms with van der Waals surface area (Å²) in [5, 5.41) is 7.89. The van der Waals surface area contributed by atoms with Gasteiger partial charge in [0.05, 0.1) is 5.52 Å². The topological polar surface area (TPSA) is 49.3 Å². The molecule has 0 saturated carbocycles. The van der Waals surface area contributed by atoms with Gasteiger partial charge in [0, 0.05) is 31.7 Å². The Morgan fingerprint density at radius 3 is 2.68 bits per heavy atom. The second-order valence-electron chi connectivity index (χ2n) is 5.52. The molecule has 0 saturated heterocycles. The van der Waals surface area contributed by atoms with Gasteiger partial charge < -0.3 is 10.6 Å². The third-order valence-electron chi connectivity index (χ3n) is 3.42. The summed E-state index contributed by atoms with van der Waals surface area (Å²) in [6, 6.07) is 10.3. The van der Waals surface area contributed by atoms with E-state index < -0.39 is 0 Å². The Bertz CT molecular complexity index is 605. The van der Waals surface area contributed by atoms with Crippen molar-refractivity contribution >= 4 is 40.8 Å². The molecule has 2 aromatic rings. The van der Waals surface area contributed by atoms with Gasteiger partial charge in [-0.25, -0.2) is 0 Å². The van der Waals surface area contributed by atoms with Gasteiger partial charge in [0.1, 0.15) is 0 Å². The lowest BCUT2D eigenvalue weighted by atomic mass is 10.1. The maximum atomic E-state index is 4.38. The van der Waals surface area contributed by atoms with E-state index >= 15 is 0 Å². The highest BCUT2D eigenvalue weighted by atomic mass is 127. The summed E-state index contributed by atoms with van der Waals surface area (Å²) in [5.41, 5.74) is 2.26. The van der Waals surface area contributed by atoms with Crippen LogP contribution in [0.25, 0.3) is 10.9 Å². The summed E-state index contributed by atoms with van der Waals surface area (Å²) < 4.78 is 0. The molecule has 0 fully saturated rings. The number of halogens is 1. The Morgan fingerprint density at radius 1 is 1.18 bits per heavy atom. The highest BCUT2D eigenvalue weighted by Gasteiger charge is 2.03. The molecule has 22 heavy (non-hydrogen) atoms. The van der Waals surface area contributed by atoms with Gasteiger partial charge in [0.25, 0.3) is 0 Å². The number of benzene rings is 1. The largest absolute Gasteiger partial charge is 0.356 e. The van der Waals surface area contributed by atoms with Crippen LogP contribution in [0.2, 0.25) is 0 Å². The van der Waals surface area contributed by atoms with Gasteiger partial charge >= 0.3 is 0 Å². The number of nitrogens with one attached hydrogen (secondary N) is 2. The number of fused-ring (bicyclic) bond motifs is 1. The summed E-state index contributed by atoms with van der Waals surface area (Å²) in [6.07, 6.45) is 2.99. The molecule has 1 heterocycles. The van der Waals surface area contributed by atoms with Crippen LogP contribution in [0.3, 0.4) is 0 Å². The van der Waals surface area contributed by atoms with Gasteiger partial charge in [-0.3, -0.25) is 9.98 Å². The van der Waals surface area contributed by atoms with Crippen molar-refractivity contribution in [3.05, 3.63) is 42.1 Å².